The molecule has 1 saturated heterocycles. The van der Waals surface area contributed by atoms with E-state index in [1.54, 1.807) is 5.01 Å². The van der Waals surface area contributed by atoms with E-state index in [4.69, 9.17) is 5.84 Å². The van der Waals surface area contributed by atoms with E-state index in [-0.39, 0.29) is 16.9 Å². The minimum atomic E-state index is -0.582. The third-order valence-electron chi connectivity index (χ3n) is 3.39. The number of nitro benzene ring substituents is 1. The fraction of sp³-hybridized carbons (Fsp3) is 0.417. The zero-order valence-corrected chi connectivity index (χ0v) is 11.7. The highest BCUT2D eigenvalue weighted by Gasteiger charge is 2.23. The number of hydrazine groups is 2. The molecule has 9 heteroatoms. The lowest BCUT2D eigenvalue weighted by Gasteiger charge is -2.32. The normalized spacial score (nSPS) is 16.5. The Morgan fingerprint density at radius 3 is 2.57 bits per heavy atom. The molecule has 0 atom stereocenters. The summed E-state index contributed by atoms with van der Waals surface area (Å²) >= 11 is 0. The quantitative estimate of drug-likeness (QED) is 0.399. The molecule has 21 heavy (non-hydrogen) atoms. The molecule has 2 rings (SSSR count). The van der Waals surface area contributed by atoms with Crippen molar-refractivity contribution in [3.8, 4) is 0 Å². The van der Waals surface area contributed by atoms with E-state index in [1.165, 1.54) is 18.2 Å². The van der Waals surface area contributed by atoms with Crippen LogP contribution >= 0.6 is 0 Å². The summed E-state index contributed by atoms with van der Waals surface area (Å²) in [5.41, 5.74) is 4.91. The third-order valence-corrected chi connectivity index (χ3v) is 3.39. The number of nitro groups is 1. The molecule has 1 aromatic carbocycles. The summed E-state index contributed by atoms with van der Waals surface area (Å²) in [7, 11) is 2.01. The predicted molar refractivity (Wildman–Crippen MR) is 77.4 cm³/mol. The molecule has 0 aliphatic carbocycles. The minimum Gasteiger partial charge on any atom is -0.318 e. The Bertz CT molecular complexity index is 542. The number of rotatable bonds is 4. The van der Waals surface area contributed by atoms with E-state index in [0.29, 0.717) is 13.1 Å². The fourth-order valence-corrected chi connectivity index (χ4v) is 2.16. The van der Waals surface area contributed by atoms with E-state index in [9.17, 15) is 14.9 Å². The number of para-hydroxylation sites is 1. The molecule has 0 aromatic heterocycles. The van der Waals surface area contributed by atoms with Gasteiger partial charge in [-0.1, -0.05) is 6.07 Å². The summed E-state index contributed by atoms with van der Waals surface area (Å²) in [6, 6.07) is 4.24. The highest BCUT2D eigenvalue weighted by molar-refractivity contribution is 6.01. The van der Waals surface area contributed by atoms with Crippen LogP contribution in [0.2, 0.25) is 0 Å². The van der Waals surface area contributed by atoms with Crippen LogP contribution in [0.25, 0.3) is 0 Å². The van der Waals surface area contributed by atoms with Crippen molar-refractivity contribution in [2.45, 2.75) is 0 Å². The van der Waals surface area contributed by atoms with Gasteiger partial charge in [0.15, 0.2) is 0 Å². The van der Waals surface area contributed by atoms with Crippen LogP contribution in [0.15, 0.2) is 18.2 Å². The molecule has 0 radical (unpaired) electrons. The van der Waals surface area contributed by atoms with Crippen molar-refractivity contribution >= 4 is 17.3 Å². The van der Waals surface area contributed by atoms with Crippen LogP contribution in [-0.4, -0.2) is 54.0 Å². The monoisotopic (exact) mass is 294 g/mol. The molecule has 1 amide bonds. The predicted octanol–water partition coefficient (Wildman–Crippen LogP) is -0.227. The maximum Gasteiger partial charge on any atom is 0.294 e. The third kappa shape index (κ3) is 3.45. The first-order valence-corrected chi connectivity index (χ1v) is 6.51. The zero-order chi connectivity index (χ0) is 15.4. The maximum atomic E-state index is 12.3. The zero-order valence-electron chi connectivity index (χ0n) is 11.7. The lowest BCUT2D eigenvalue weighted by molar-refractivity contribution is -0.384. The maximum absolute atomic E-state index is 12.3. The highest BCUT2D eigenvalue weighted by Crippen LogP contribution is 2.27. The number of piperazine rings is 1. The molecular formula is C12H18N6O3. The molecule has 1 aliphatic heterocycles. The lowest BCUT2D eigenvalue weighted by Crippen LogP contribution is -2.52. The first kappa shape index (κ1) is 15.2. The highest BCUT2D eigenvalue weighted by atomic mass is 16.6. The van der Waals surface area contributed by atoms with Gasteiger partial charge in [-0.2, -0.15) is 0 Å². The van der Waals surface area contributed by atoms with Gasteiger partial charge in [0, 0.05) is 32.2 Å². The summed E-state index contributed by atoms with van der Waals surface area (Å²) in [4.78, 5) is 24.8. The number of nitrogens with one attached hydrogen (secondary N) is 2. The summed E-state index contributed by atoms with van der Waals surface area (Å²) in [5, 5.41) is 12.7. The SMILES string of the molecule is CN1CCN(NC(=O)c2cccc([N+](=O)[O-])c2NN)CC1. The number of amides is 1. The van der Waals surface area contributed by atoms with Gasteiger partial charge in [0.25, 0.3) is 11.6 Å². The first-order chi connectivity index (χ1) is 10.0. The molecular weight excluding hydrogens is 276 g/mol. The minimum absolute atomic E-state index is 0.00845. The van der Waals surface area contributed by atoms with Crippen LogP contribution in [0.4, 0.5) is 11.4 Å². The van der Waals surface area contributed by atoms with Crippen LogP contribution in [0, 0.1) is 10.1 Å². The van der Waals surface area contributed by atoms with E-state index in [2.05, 4.69) is 15.8 Å². The molecule has 4 N–H and O–H groups in total. The van der Waals surface area contributed by atoms with Crippen molar-refractivity contribution in [2.75, 3.05) is 38.7 Å². The number of hydrogen-bond acceptors (Lipinski definition) is 7. The Morgan fingerprint density at radius 1 is 1.33 bits per heavy atom. The van der Waals surface area contributed by atoms with Crippen LogP contribution in [-0.2, 0) is 0 Å². The number of nitrogens with zero attached hydrogens (tertiary/aromatic N) is 3. The average Bonchev–Trinajstić information content (AvgIpc) is 2.48. The number of nitrogen functional groups attached to an aromatic ring is 1. The van der Waals surface area contributed by atoms with Crippen molar-refractivity contribution in [1.29, 1.82) is 0 Å². The number of likely N-dealkylation sites (N-methyl/N-ethyl adjacent to an activating group) is 1. The second kappa shape index (κ2) is 6.48. The number of benzene rings is 1. The van der Waals surface area contributed by atoms with Crippen molar-refractivity contribution in [2.24, 2.45) is 5.84 Å². The van der Waals surface area contributed by atoms with Gasteiger partial charge >= 0.3 is 0 Å². The van der Waals surface area contributed by atoms with E-state index < -0.39 is 10.8 Å². The van der Waals surface area contributed by atoms with Crippen molar-refractivity contribution < 1.29 is 9.72 Å². The summed E-state index contributed by atoms with van der Waals surface area (Å²) < 4.78 is 0. The fourth-order valence-electron chi connectivity index (χ4n) is 2.16. The van der Waals surface area contributed by atoms with Gasteiger partial charge in [-0.05, 0) is 13.1 Å². The van der Waals surface area contributed by atoms with Gasteiger partial charge in [0.2, 0.25) is 0 Å². The van der Waals surface area contributed by atoms with Crippen LogP contribution in [0.5, 0.6) is 0 Å². The Hall–Kier alpha value is -2.23. The summed E-state index contributed by atoms with van der Waals surface area (Å²) in [6.07, 6.45) is 0. The average molecular weight is 294 g/mol. The molecule has 0 bridgehead atoms. The molecule has 0 unspecified atom stereocenters. The Kier molecular flexibility index (Phi) is 4.68. The van der Waals surface area contributed by atoms with Gasteiger partial charge in [-0.15, -0.1) is 0 Å². The van der Waals surface area contributed by atoms with Gasteiger partial charge in [-0.3, -0.25) is 26.2 Å². The number of hydrogen-bond donors (Lipinski definition) is 3. The molecule has 1 heterocycles. The Morgan fingerprint density at radius 2 is 2.00 bits per heavy atom. The molecule has 9 nitrogen and oxygen atoms in total. The van der Waals surface area contributed by atoms with Gasteiger partial charge < -0.3 is 10.3 Å². The molecule has 0 spiro atoms. The molecule has 1 aromatic rings. The Labute approximate surface area is 121 Å². The standard InChI is InChI=1S/C12H18N6O3/c1-16-5-7-17(8-6-16)15-12(19)9-3-2-4-10(18(20)21)11(9)14-13/h2-4,14H,5-8,13H2,1H3,(H,15,19). The molecule has 0 saturated carbocycles. The van der Waals surface area contributed by atoms with Crippen molar-refractivity contribution in [3.05, 3.63) is 33.9 Å². The van der Waals surface area contributed by atoms with Crippen LogP contribution < -0.4 is 16.7 Å². The van der Waals surface area contributed by atoms with Crippen LogP contribution in [0.3, 0.4) is 0 Å². The number of anilines is 1. The van der Waals surface area contributed by atoms with Gasteiger partial charge in [0.05, 0.1) is 10.5 Å². The second-order valence-electron chi connectivity index (χ2n) is 4.83. The van der Waals surface area contributed by atoms with Crippen LogP contribution in [0.1, 0.15) is 10.4 Å². The molecule has 1 fully saturated rings. The van der Waals surface area contributed by atoms with Crippen molar-refractivity contribution in [3.63, 3.8) is 0 Å². The van der Waals surface area contributed by atoms with Crippen molar-refractivity contribution in [1.82, 2.24) is 15.3 Å². The smallest absolute Gasteiger partial charge is 0.294 e. The largest absolute Gasteiger partial charge is 0.318 e. The van der Waals surface area contributed by atoms with E-state index in [1.807, 2.05) is 7.05 Å². The first-order valence-electron chi connectivity index (χ1n) is 6.51. The number of carbonyl (C=O) groups is 1. The molecule has 1 aliphatic rings. The Balaban J connectivity index is 2.15. The lowest BCUT2D eigenvalue weighted by atomic mass is 10.1. The van der Waals surface area contributed by atoms with Gasteiger partial charge in [-0.25, -0.2) is 5.01 Å². The number of nitrogens with two attached hydrogens (primary N) is 1. The summed E-state index contributed by atoms with van der Waals surface area (Å²) in [6.45, 7) is 3.08. The number of carbonyl (C=O) groups excluding carboxylic acids is 1. The van der Waals surface area contributed by atoms with E-state index >= 15 is 0 Å². The summed E-state index contributed by atoms with van der Waals surface area (Å²) in [5.74, 6) is 4.90. The van der Waals surface area contributed by atoms with E-state index in [0.717, 1.165) is 13.1 Å². The second-order valence-corrected chi connectivity index (χ2v) is 4.83. The molecule has 114 valence electrons. The van der Waals surface area contributed by atoms with Gasteiger partial charge in [0.1, 0.15) is 5.69 Å². The topological polar surface area (TPSA) is 117 Å².